The van der Waals surface area contributed by atoms with E-state index >= 15 is 0 Å². The van der Waals surface area contributed by atoms with Crippen LogP contribution >= 0.6 is 0 Å². The summed E-state index contributed by atoms with van der Waals surface area (Å²) in [7, 11) is 0. The highest BCUT2D eigenvalue weighted by molar-refractivity contribution is 5.90. The van der Waals surface area contributed by atoms with Crippen LogP contribution in [0.3, 0.4) is 0 Å². The van der Waals surface area contributed by atoms with Gasteiger partial charge in [-0.2, -0.15) is 0 Å². The van der Waals surface area contributed by atoms with Crippen molar-refractivity contribution in [3.8, 4) is 0 Å². The van der Waals surface area contributed by atoms with Crippen molar-refractivity contribution >= 4 is 11.9 Å². The summed E-state index contributed by atoms with van der Waals surface area (Å²) in [5.41, 5.74) is 0. The highest BCUT2D eigenvalue weighted by Crippen LogP contribution is 2.23. The molecule has 1 fully saturated rings. The number of carbonyl (C=O) groups is 2. The van der Waals surface area contributed by atoms with E-state index in [2.05, 4.69) is 0 Å². The molecule has 1 aliphatic rings. The Kier molecular flexibility index (Phi) is 2.25. The predicted molar refractivity (Wildman–Crippen MR) is 35.9 cm³/mol. The molecule has 0 radical (unpaired) electrons. The molecule has 1 aliphatic carbocycles. The van der Waals surface area contributed by atoms with Gasteiger partial charge in [-0.1, -0.05) is 0 Å². The molecule has 0 bridgehead atoms. The summed E-state index contributed by atoms with van der Waals surface area (Å²) in [4.78, 5) is 20.5. The van der Waals surface area contributed by atoms with Crippen molar-refractivity contribution in [3.05, 3.63) is 12.2 Å². The van der Waals surface area contributed by atoms with Gasteiger partial charge in [-0.15, -0.1) is 0 Å². The number of aliphatic carboxylic acids is 1. The topological polar surface area (TPSA) is 63.6 Å². The standard InChI is InChI=1S/C7H8O4/c8-6(9)3-4-7(10)11-5-1-2-5/h3-5H,1-2H2,(H,8,9). The number of carboxylic acids is 1. The predicted octanol–water partition coefficient (Wildman–Crippen LogP) is 0.333. The van der Waals surface area contributed by atoms with Gasteiger partial charge in [0.15, 0.2) is 0 Å². The minimum absolute atomic E-state index is 0.0287. The average Bonchev–Trinajstić information content (AvgIpc) is 2.67. The van der Waals surface area contributed by atoms with Crippen LogP contribution in [0.5, 0.6) is 0 Å². The van der Waals surface area contributed by atoms with E-state index in [0.717, 1.165) is 25.0 Å². The minimum Gasteiger partial charge on any atom is -0.478 e. The molecule has 1 saturated carbocycles. The van der Waals surface area contributed by atoms with Crippen molar-refractivity contribution in [2.75, 3.05) is 0 Å². The highest BCUT2D eigenvalue weighted by Gasteiger charge is 2.24. The van der Waals surface area contributed by atoms with Gasteiger partial charge in [-0.3, -0.25) is 0 Å². The zero-order valence-corrected chi connectivity index (χ0v) is 5.82. The number of hydrogen-bond acceptors (Lipinski definition) is 3. The second kappa shape index (κ2) is 3.18. The van der Waals surface area contributed by atoms with Crippen LogP contribution in [-0.2, 0) is 14.3 Å². The van der Waals surface area contributed by atoms with Gasteiger partial charge in [-0.05, 0) is 12.8 Å². The van der Waals surface area contributed by atoms with Gasteiger partial charge in [0, 0.05) is 12.2 Å². The highest BCUT2D eigenvalue weighted by atomic mass is 16.5. The molecule has 4 heteroatoms. The van der Waals surface area contributed by atoms with Crippen molar-refractivity contribution in [1.29, 1.82) is 0 Å². The summed E-state index contributed by atoms with van der Waals surface area (Å²) < 4.78 is 4.72. The number of ether oxygens (including phenoxy) is 1. The Balaban J connectivity index is 2.23. The summed E-state index contributed by atoms with van der Waals surface area (Å²) in [6, 6.07) is 0. The lowest BCUT2D eigenvalue weighted by atomic mass is 10.5. The first-order chi connectivity index (χ1) is 5.18. The molecule has 0 aromatic rings. The fraction of sp³-hybridized carbons (Fsp3) is 0.429. The summed E-state index contributed by atoms with van der Waals surface area (Å²) in [6.45, 7) is 0. The zero-order valence-electron chi connectivity index (χ0n) is 5.82. The molecular weight excluding hydrogens is 148 g/mol. The van der Waals surface area contributed by atoms with E-state index in [9.17, 15) is 9.59 Å². The molecule has 0 aromatic carbocycles. The Morgan fingerprint density at radius 2 is 2.00 bits per heavy atom. The van der Waals surface area contributed by atoms with Crippen molar-refractivity contribution in [3.63, 3.8) is 0 Å². The van der Waals surface area contributed by atoms with Crippen LogP contribution in [0.25, 0.3) is 0 Å². The maximum Gasteiger partial charge on any atom is 0.331 e. The van der Waals surface area contributed by atoms with Crippen LogP contribution in [0.1, 0.15) is 12.8 Å². The van der Waals surface area contributed by atoms with E-state index in [-0.39, 0.29) is 6.10 Å². The van der Waals surface area contributed by atoms with E-state index in [4.69, 9.17) is 9.84 Å². The third kappa shape index (κ3) is 3.40. The van der Waals surface area contributed by atoms with Crippen molar-refractivity contribution < 1.29 is 19.4 Å². The summed E-state index contributed by atoms with van der Waals surface area (Å²) in [6.07, 6.45) is 3.51. The van der Waals surface area contributed by atoms with Gasteiger partial charge >= 0.3 is 11.9 Å². The monoisotopic (exact) mass is 156 g/mol. The molecule has 0 heterocycles. The normalized spacial score (nSPS) is 16.7. The van der Waals surface area contributed by atoms with E-state index in [0.29, 0.717) is 0 Å². The lowest BCUT2D eigenvalue weighted by Gasteiger charge is -1.94. The van der Waals surface area contributed by atoms with Crippen LogP contribution in [0.4, 0.5) is 0 Å². The number of hydrogen-bond donors (Lipinski definition) is 1. The molecule has 0 spiro atoms. The summed E-state index contributed by atoms with van der Waals surface area (Å²) in [5.74, 6) is -1.72. The van der Waals surface area contributed by atoms with Crippen LogP contribution < -0.4 is 0 Å². The first-order valence-electron chi connectivity index (χ1n) is 3.30. The smallest absolute Gasteiger partial charge is 0.331 e. The number of carbonyl (C=O) groups excluding carboxylic acids is 1. The quantitative estimate of drug-likeness (QED) is 0.472. The molecule has 0 amide bonds. The molecule has 0 aromatic heterocycles. The van der Waals surface area contributed by atoms with E-state index < -0.39 is 11.9 Å². The van der Waals surface area contributed by atoms with Crippen molar-refractivity contribution in [1.82, 2.24) is 0 Å². The fourth-order valence-electron chi connectivity index (χ4n) is 0.529. The van der Waals surface area contributed by atoms with Crippen LogP contribution in [0.2, 0.25) is 0 Å². The van der Waals surface area contributed by atoms with E-state index in [1.54, 1.807) is 0 Å². The summed E-state index contributed by atoms with van der Waals surface area (Å²) >= 11 is 0. The minimum atomic E-state index is -1.14. The van der Waals surface area contributed by atoms with Crippen molar-refractivity contribution in [2.24, 2.45) is 0 Å². The maximum absolute atomic E-state index is 10.6. The number of carboxylic acid groups (broad SMARTS) is 1. The van der Waals surface area contributed by atoms with Gasteiger partial charge in [0.25, 0.3) is 0 Å². The van der Waals surface area contributed by atoms with Crippen LogP contribution in [-0.4, -0.2) is 23.1 Å². The molecule has 11 heavy (non-hydrogen) atoms. The fourth-order valence-corrected chi connectivity index (χ4v) is 0.529. The van der Waals surface area contributed by atoms with E-state index in [1.165, 1.54) is 0 Å². The first-order valence-corrected chi connectivity index (χ1v) is 3.30. The molecule has 4 nitrogen and oxygen atoms in total. The second-order valence-corrected chi connectivity index (χ2v) is 2.31. The number of esters is 1. The third-order valence-corrected chi connectivity index (χ3v) is 1.17. The molecule has 0 unspecified atom stereocenters. The lowest BCUT2D eigenvalue weighted by Crippen LogP contribution is -2.02. The molecule has 0 saturated heterocycles. The van der Waals surface area contributed by atoms with Gasteiger partial charge in [-0.25, -0.2) is 9.59 Å². The Morgan fingerprint density at radius 1 is 1.36 bits per heavy atom. The zero-order chi connectivity index (χ0) is 8.27. The van der Waals surface area contributed by atoms with Gasteiger partial charge < -0.3 is 9.84 Å². The Labute approximate surface area is 63.5 Å². The first kappa shape index (κ1) is 7.78. The molecule has 0 atom stereocenters. The molecule has 1 N–H and O–H groups in total. The largest absolute Gasteiger partial charge is 0.478 e. The van der Waals surface area contributed by atoms with Gasteiger partial charge in [0.1, 0.15) is 6.10 Å². The maximum atomic E-state index is 10.6. The second-order valence-electron chi connectivity index (χ2n) is 2.31. The average molecular weight is 156 g/mol. The molecular formula is C7H8O4. The van der Waals surface area contributed by atoms with Crippen LogP contribution in [0, 0.1) is 0 Å². The molecule has 0 aliphatic heterocycles. The lowest BCUT2D eigenvalue weighted by molar-refractivity contribution is -0.139. The number of rotatable bonds is 3. The SMILES string of the molecule is O=C(O)C=CC(=O)OC1CC1. The Bertz CT molecular complexity index is 202. The Morgan fingerprint density at radius 3 is 2.45 bits per heavy atom. The van der Waals surface area contributed by atoms with Crippen molar-refractivity contribution in [2.45, 2.75) is 18.9 Å². The van der Waals surface area contributed by atoms with Gasteiger partial charge in [0.2, 0.25) is 0 Å². The van der Waals surface area contributed by atoms with Gasteiger partial charge in [0.05, 0.1) is 0 Å². The summed E-state index contributed by atoms with van der Waals surface area (Å²) in [5, 5.41) is 8.12. The molecule has 1 rings (SSSR count). The van der Waals surface area contributed by atoms with E-state index in [1.807, 2.05) is 0 Å². The molecule has 60 valence electrons. The van der Waals surface area contributed by atoms with Crippen LogP contribution in [0.15, 0.2) is 12.2 Å². The third-order valence-electron chi connectivity index (χ3n) is 1.17. The Hall–Kier alpha value is -1.32.